The molecule has 1 amide bonds. The van der Waals surface area contributed by atoms with Gasteiger partial charge in [0.2, 0.25) is 0 Å². The predicted octanol–water partition coefficient (Wildman–Crippen LogP) is 4.83. The average Bonchev–Trinajstić information content (AvgIpc) is 3.51. The van der Waals surface area contributed by atoms with E-state index in [-0.39, 0.29) is 11.9 Å². The van der Waals surface area contributed by atoms with E-state index in [4.69, 9.17) is 4.74 Å². The highest BCUT2D eigenvalue weighted by Crippen LogP contribution is 2.39. The lowest BCUT2D eigenvalue weighted by atomic mass is 9.95. The minimum Gasteiger partial charge on any atom is -0.462 e. The summed E-state index contributed by atoms with van der Waals surface area (Å²) in [6, 6.07) is 5.85. The number of carbonyl (C=O) groups excluding carboxylic acids is 2. The minimum absolute atomic E-state index is 0.292. The number of anilines is 1. The van der Waals surface area contributed by atoms with Crippen LogP contribution in [0.5, 0.6) is 0 Å². The number of ether oxygens (including phenoxy) is 1. The van der Waals surface area contributed by atoms with Gasteiger partial charge in [0.05, 0.1) is 28.9 Å². The van der Waals surface area contributed by atoms with Crippen LogP contribution in [0.2, 0.25) is 0 Å². The fourth-order valence-electron chi connectivity index (χ4n) is 3.91. The summed E-state index contributed by atoms with van der Waals surface area (Å²) in [6.07, 6.45) is 7.08. The third-order valence-corrected chi connectivity index (χ3v) is 7.40. The molecule has 158 valence electrons. The van der Waals surface area contributed by atoms with Crippen molar-refractivity contribution in [3.63, 3.8) is 0 Å². The Kier molecular flexibility index (Phi) is 5.29. The van der Waals surface area contributed by atoms with Gasteiger partial charge >= 0.3 is 5.97 Å². The Labute approximate surface area is 186 Å². The van der Waals surface area contributed by atoms with Crippen LogP contribution in [0.3, 0.4) is 0 Å². The number of nitrogens with one attached hydrogen (secondary N) is 1. The second-order valence-corrected chi connectivity index (χ2v) is 9.24. The van der Waals surface area contributed by atoms with Crippen LogP contribution in [0.15, 0.2) is 36.0 Å². The highest BCUT2D eigenvalue weighted by Gasteiger charge is 2.28. The lowest BCUT2D eigenvalue weighted by Crippen LogP contribution is -2.16. The van der Waals surface area contributed by atoms with Crippen molar-refractivity contribution in [3.05, 3.63) is 57.5 Å². The zero-order valence-electron chi connectivity index (χ0n) is 16.9. The molecule has 0 aliphatic heterocycles. The maximum atomic E-state index is 13.2. The third kappa shape index (κ3) is 3.53. The smallest absolute Gasteiger partial charge is 0.341 e. The van der Waals surface area contributed by atoms with Crippen molar-refractivity contribution in [1.82, 2.24) is 14.6 Å². The number of carbonyl (C=O) groups is 2. The summed E-state index contributed by atoms with van der Waals surface area (Å²) in [7, 11) is 0. The van der Waals surface area contributed by atoms with Crippen molar-refractivity contribution in [1.29, 1.82) is 0 Å². The van der Waals surface area contributed by atoms with E-state index < -0.39 is 0 Å². The Morgan fingerprint density at radius 2 is 2.13 bits per heavy atom. The maximum Gasteiger partial charge on any atom is 0.341 e. The Balaban J connectivity index is 1.51. The van der Waals surface area contributed by atoms with Gasteiger partial charge in [0.1, 0.15) is 10.6 Å². The van der Waals surface area contributed by atoms with E-state index >= 15 is 0 Å². The van der Waals surface area contributed by atoms with Crippen molar-refractivity contribution < 1.29 is 14.3 Å². The third-order valence-electron chi connectivity index (χ3n) is 5.30. The molecule has 4 aromatic heterocycles. The highest BCUT2D eigenvalue weighted by atomic mass is 32.1. The van der Waals surface area contributed by atoms with Crippen LogP contribution in [-0.2, 0) is 17.6 Å². The van der Waals surface area contributed by atoms with E-state index in [0.717, 1.165) is 46.7 Å². The van der Waals surface area contributed by atoms with Gasteiger partial charge in [-0.15, -0.1) is 22.7 Å². The fraction of sp³-hybridized carbons (Fsp3) is 0.273. The number of hydrogen-bond acceptors (Lipinski definition) is 7. The molecule has 0 atom stereocenters. The molecule has 5 rings (SSSR count). The molecule has 0 aromatic carbocycles. The molecule has 0 fully saturated rings. The van der Waals surface area contributed by atoms with Crippen molar-refractivity contribution in [2.24, 2.45) is 0 Å². The van der Waals surface area contributed by atoms with Crippen molar-refractivity contribution >= 4 is 45.2 Å². The quantitative estimate of drug-likeness (QED) is 0.439. The fourth-order valence-corrected chi connectivity index (χ4v) is 5.91. The van der Waals surface area contributed by atoms with E-state index in [0.29, 0.717) is 28.4 Å². The Morgan fingerprint density at radius 1 is 1.26 bits per heavy atom. The summed E-state index contributed by atoms with van der Waals surface area (Å²) in [5.74, 6) is -0.717. The monoisotopic (exact) mass is 452 g/mol. The number of thiophene rings is 2. The molecular formula is C22H20N4O3S2. The van der Waals surface area contributed by atoms with Crippen LogP contribution in [0.1, 0.15) is 50.9 Å². The largest absolute Gasteiger partial charge is 0.462 e. The van der Waals surface area contributed by atoms with Crippen molar-refractivity contribution in [2.75, 3.05) is 11.9 Å². The first-order valence-electron chi connectivity index (χ1n) is 10.2. The predicted molar refractivity (Wildman–Crippen MR) is 121 cm³/mol. The maximum absolute atomic E-state index is 13.2. The first kappa shape index (κ1) is 19.9. The molecular weight excluding hydrogens is 432 g/mol. The Bertz CT molecular complexity index is 1270. The van der Waals surface area contributed by atoms with Gasteiger partial charge in [-0.1, -0.05) is 6.07 Å². The van der Waals surface area contributed by atoms with Crippen LogP contribution in [0.4, 0.5) is 5.00 Å². The van der Waals surface area contributed by atoms with Crippen LogP contribution in [0, 0.1) is 0 Å². The van der Waals surface area contributed by atoms with E-state index in [1.807, 2.05) is 23.6 Å². The molecule has 0 bridgehead atoms. The molecule has 9 heteroatoms. The SMILES string of the molecule is CCOC(=O)c1c(NC(=O)c2cnn3c(-c4cccs4)ccnc23)sc2c1CCCC2. The Morgan fingerprint density at radius 3 is 2.94 bits per heavy atom. The van der Waals surface area contributed by atoms with Gasteiger partial charge in [-0.2, -0.15) is 5.10 Å². The zero-order chi connectivity index (χ0) is 21.4. The van der Waals surface area contributed by atoms with E-state index in [1.165, 1.54) is 17.5 Å². The van der Waals surface area contributed by atoms with Crippen LogP contribution >= 0.6 is 22.7 Å². The molecule has 1 aliphatic carbocycles. The van der Waals surface area contributed by atoms with E-state index in [1.54, 1.807) is 29.0 Å². The molecule has 0 radical (unpaired) electrons. The van der Waals surface area contributed by atoms with Gasteiger partial charge in [0, 0.05) is 11.1 Å². The highest BCUT2D eigenvalue weighted by molar-refractivity contribution is 7.17. The lowest BCUT2D eigenvalue weighted by molar-refractivity contribution is 0.0526. The van der Waals surface area contributed by atoms with Gasteiger partial charge < -0.3 is 10.1 Å². The van der Waals surface area contributed by atoms with Gasteiger partial charge in [-0.05, 0) is 55.7 Å². The van der Waals surface area contributed by atoms with Gasteiger partial charge in [-0.25, -0.2) is 14.3 Å². The van der Waals surface area contributed by atoms with Crippen LogP contribution in [-0.4, -0.2) is 33.1 Å². The van der Waals surface area contributed by atoms with Crippen LogP contribution in [0.25, 0.3) is 16.2 Å². The molecule has 0 unspecified atom stereocenters. The molecule has 0 saturated heterocycles. The zero-order valence-corrected chi connectivity index (χ0v) is 18.5. The number of hydrogen-bond donors (Lipinski definition) is 1. The standard InChI is InChI=1S/C22H20N4O3S2/c1-2-29-22(28)18-13-6-3-4-7-16(13)31-21(18)25-20(27)14-12-24-26-15(9-10-23-19(14)26)17-8-5-11-30-17/h5,8-12H,2-4,6-7H2,1H3,(H,25,27). The Hall–Kier alpha value is -3.04. The summed E-state index contributed by atoms with van der Waals surface area (Å²) in [5.41, 5.74) is 3.22. The topological polar surface area (TPSA) is 85.6 Å². The number of aromatic nitrogens is 3. The van der Waals surface area contributed by atoms with Gasteiger partial charge in [0.25, 0.3) is 5.91 Å². The van der Waals surface area contributed by atoms with Crippen LogP contribution < -0.4 is 5.32 Å². The van der Waals surface area contributed by atoms with Gasteiger partial charge in [0.15, 0.2) is 5.65 Å². The summed E-state index contributed by atoms with van der Waals surface area (Å²) >= 11 is 3.07. The van der Waals surface area contributed by atoms with E-state index in [9.17, 15) is 9.59 Å². The number of esters is 1. The number of rotatable bonds is 5. The number of fused-ring (bicyclic) bond motifs is 2. The molecule has 7 nitrogen and oxygen atoms in total. The molecule has 0 saturated carbocycles. The molecule has 31 heavy (non-hydrogen) atoms. The summed E-state index contributed by atoms with van der Waals surface area (Å²) < 4.78 is 6.95. The molecule has 1 N–H and O–H groups in total. The number of amides is 1. The summed E-state index contributed by atoms with van der Waals surface area (Å²) in [4.78, 5) is 32.4. The minimum atomic E-state index is -0.379. The first-order valence-corrected chi connectivity index (χ1v) is 11.9. The first-order chi connectivity index (χ1) is 15.2. The molecule has 0 spiro atoms. The normalized spacial score (nSPS) is 13.2. The second-order valence-electron chi connectivity index (χ2n) is 7.19. The molecule has 4 aromatic rings. The summed E-state index contributed by atoms with van der Waals surface area (Å²) in [6.45, 7) is 2.07. The number of nitrogens with zero attached hydrogens (tertiary/aromatic N) is 3. The lowest BCUT2D eigenvalue weighted by Gasteiger charge is -2.12. The van der Waals surface area contributed by atoms with Crippen molar-refractivity contribution in [3.8, 4) is 10.6 Å². The molecule has 4 heterocycles. The average molecular weight is 453 g/mol. The van der Waals surface area contributed by atoms with Gasteiger partial charge in [-0.3, -0.25) is 4.79 Å². The summed E-state index contributed by atoms with van der Waals surface area (Å²) in [5, 5.41) is 9.88. The van der Waals surface area contributed by atoms with Crippen molar-refractivity contribution in [2.45, 2.75) is 32.6 Å². The second kappa shape index (κ2) is 8.24. The van der Waals surface area contributed by atoms with E-state index in [2.05, 4.69) is 15.4 Å². The number of aryl methyl sites for hydroxylation is 1. The molecule has 1 aliphatic rings.